The second-order valence-corrected chi connectivity index (χ2v) is 6.13. The predicted molar refractivity (Wildman–Crippen MR) is 101 cm³/mol. The van der Waals surface area contributed by atoms with Crippen LogP contribution in [0.4, 0.5) is 0 Å². The lowest BCUT2D eigenvalue weighted by Crippen LogP contribution is -2.55. The number of guanidine groups is 2. The molecule has 3 rings (SSSR count). The minimum atomic E-state index is -0.462. The average Bonchev–Trinajstić information content (AvgIpc) is 3.02. The van der Waals surface area contributed by atoms with Crippen molar-refractivity contribution in [2.75, 3.05) is 13.2 Å². The summed E-state index contributed by atoms with van der Waals surface area (Å²) < 4.78 is 5.67. The van der Waals surface area contributed by atoms with Gasteiger partial charge in [-0.05, 0) is 50.7 Å². The van der Waals surface area contributed by atoms with Crippen LogP contribution in [-0.4, -0.2) is 35.9 Å². The van der Waals surface area contributed by atoms with Crippen LogP contribution in [0.1, 0.15) is 38.5 Å². The molecule has 4 N–H and O–H groups in total. The van der Waals surface area contributed by atoms with Gasteiger partial charge in [-0.2, -0.15) is 10.1 Å². The maximum Gasteiger partial charge on any atom is 0.226 e. The number of ether oxygens (including phenoxy) is 1. The highest BCUT2D eigenvalue weighted by molar-refractivity contribution is 5.95. The maximum atomic E-state index is 6.01. The van der Waals surface area contributed by atoms with Crippen LogP contribution in [0.5, 0.6) is 5.75 Å². The summed E-state index contributed by atoms with van der Waals surface area (Å²) in [5, 5.41) is 1.66. The van der Waals surface area contributed by atoms with E-state index in [9.17, 15) is 0 Å². The topological polar surface area (TPSA) is 98.5 Å². The number of benzene rings is 1. The van der Waals surface area contributed by atoms with Crippen molar-refractivity contribution in [3.8, 4) is 5.75 Å². The highest BCUT2D eigenvalue weighted by atomic mass is 35.5. The van der Waals surface area contributed by atoms with Crippen molar-refractivity contribution in [1.82, 2.24) is 5.06 Å². The zero-order valence-electron chi connectivity index (χ0n) is 14.3. The fourth-order valence-corrected chi connectivity index (χ4v) is 3.17. The van der Waals surface area contributed by atoms with E-state index in [1.54, 1.807) is 5.06 Å². The predicted octanol–water partition coefficient (Wildman–Crippen LogP) is 2.41. The fraction of sp³-hybridized carbons (Fsp3) is 0.529. The van der Waals surface area contributed by atoms with E-state index in [0.29, 0.717) is 19.2 Å². The van der Waals surface area contributed by atoms with Crippen molar-refractivity contribution >= 4 is 24.3 Å². The molecule has 25 heavy (non-hydrogen) atoms. The van der Waals surface area contributed by atoms with Gasteiger partial charge in [0, 0.05) is 0 Å². The number of aliphatic imine (C=N–C) groups is 2. The van der Waals surface area contributed by atoms with Crippen LogP contribution in [0.2, 0.25) is 0 Å². The molecule has 2 aliphatic rings. The molecule has 1 saturated carbocycles. The average molecular weight is 368 g/mol. The molecule has 0 bridgehead atoms. The maximum absolute atomic E-state index is 6.01. The molecule has 1 aromatic carbocycles. The lowest BCUT2D eigenvalue weighted by Gasteiger charge is -2.39. The number of nitrogens with zero attached hydrogens (tertiary/aromatic N) is 3. The minimum Gasteiger partial charge on any atom is -0.494 e. The molecule has 0 radical (unpaired) electrons. The van der Waals surface area contributed by atoms with Crippen molar-refractivity contribution in [3.63, 3.8) is 0 Å². The molecule has 0 unspecified atom stereocenters. The Hall–Kier alpha value is -1.99. The molecular formula is C17H26ClN5O2. The zero-order chi connectivity index (χ0) is 16.8. The first kappa shape index (κ1) is 19.3. The molecule has 1 aromatic rings. The van der Waals surface area contributed by atoms with Crippen LogP contribution in [0, 0.1) is 0 Å². The Bertz CT molecular complexity index is 602. The highest BCUT2D eigenvalue weighted by Gasteiger charge is 2.44. The van der Waals surface area contributed by atoms with E-state index in [2.05, 4.69) is 9.98 Å². The molecular weight excluding hydrogens is 342 g/mol. The first-order valence-corrected chi connectivity index (χ1v) is 8.50. The van der Waals surface area contributed by atoms with Crippen LogP contribution in [-0.2, 0) is 4.84 Å². The van der Waals surface area contributed by atoms with Gasteiger partial charge in [-0.15, -0.1) is 12.4 Å². The van der Waals surface area contributed by atoms with Gasteiger partial charge in [0.1, 0.15) is 5.75 Å². The second-order valence-electron chi connectivity index (χ2n) is 6.13. The van der Waals surface area contributed by atoms with Gasteiger partial charge in [-0.25, -0.2) is 4.99 Å². The van der Waals surface area contributed by atoms with E-state index in [4.69, 9.17) is 21.0 Å². The summed E-state index contributed by atoms with van der Waals surface area (Å²) in [7, 11) is 0. The molecule has 0 amide bonds. The third-order valence-corrected chi connectivity index (χ3v) is 4.31. The monoisotopic (exact) mass is 367 g/mol. The molecule has 1 spiro atoms. The zero-order valence-corrected chi connectivity index (χ0v) is 15.1. The SMILES string of the molecule is Cl.NC1=NC2(CCCC2)N(OCCCCOc2ccccc2)C(N)=N1. The van der Waals surface area contributed by atoms with Crippen LogP contribution < -0.4 is 16.2 Å². The number of hydrogen-bond donors (Lipinski definition) is 2. The third-order valence-electron chi connectivity index (χ3n) is 4.31. The molecule has 8 heteroatoms. The Balaban J connectivity index is 0.00000225. The van der Waals surface area contributed by atoms with Crippen molar-refractivity contribution < 1.29 is 9.57 Å². The van der Waals surface area contributed by atoms with Crippen LogP contribution in [0.25, 0.3) is 0 Å². The summed E-state index contributed by atoms with van der Waals surface area (Å²) in [6, 6.07) is 9.80. The summed E-state index contributed by atoms with van der Waals surface area (Å²) >= 11 is 0. The van der Waals surface area contributed by atoms with Gasteiger partial charge in [-0.1, -0.05) is 18.2 Å². The molecule has 1 fully saturated rings. The lowest BCUT2D eigenvalue weighted by atomic mass is 10.1. The molecule has 138 valence electrons. The molecule has 1 heterocycles. The van der Waals surface area contributed by atoms with Crippen molar-refractivity contribution in [2.45, 2.75) is 44.2 Å². The molecule has 7 nitrogen and oxygen atoms in total. The van der Waals surface area contributed by atoms with Crippen LogP contribution >= 0.6 is 12.4 Å². The number of para-hydroxylation sites is 1. The first-order valence-electron chi connectivity index (χ1n) is 8.50. The molecule has 0 aromatic heterocycles. The summed E-state index contributed by atoms with van der Waals surface area (Å²) in [5.74, 6) is 1.43. The number of hydroxylamine groups is 2. The summed E-state index contributed by atoms with van der Waals surface area (Å²) in [5.41, 5.74) is 11.3. The Kier molecular flexibility index (Phi) is 6.90. The van der Waals surface area contributed by atoms with Gasteiger partial charge >= 0.3 is 0 Å². The van der Waals surface area contributed by atoms with Gasteiger partial charge in [0.15, 0.2) is 5.66 Å². The van der Waals surface area contributed by atoms with Crippen LogP contribution in [0.3, 0.4) is 0 Å². The van der Waals surface area contributed by atoms with Gasteiger partial charge in [0.25, 0.3) is 0 Å². The molecule has 1 aliphatic heterocycles. The smallest absolute Gasteiger partial charge is 0.226 e. The molecule has 0 saturated heterocycles. The minimum absolute atomic E-state index is 0. The Morgan fingerprint density at radius 2 is 1.72 bits per heavy atom. The second kappa shape index (κ2) is 8.92. The standard InChI is InChI=1S/C17H25N5O2.ClH/c18-15-20-16(19)22(17(21-15)10-4-5-11-17)24-13-7-6-12-23-14-8-2-1-3-9-14;/h1-3,8-9H,4-7,10-13H2,(H4,18,19,20,21);1H. The van der Waals surface area contributed by atoms with Gasteiger partial charge in [0.05, 0.1) is 13.2 Å². The van der Waals surface area contributed by atoms with E-state index in [-0.39, 0.29) is 18.4 Å². The number of halogens is 1. The number of hydrogen-bond acceptors (Lipinski definition) is 7. The van der Waals surface area contributed by atoms with Crippen molar-refractivity contribution in [3.05, 3.63) is 30.3 Å². The fourth-order valence-electron chi connectivity index (χ4n) is 3.17. The van der Waals surface area contributed by atoms with Gasteiger partial charge in [-0.3, -0.25) is 4.84 Å². The van der Waals surface area contributed by atoms with E-state index in [0.717, 1.165) is 44.3 Å². The number of rotatable bonds is 7. The summed E-state index contributed by atoms with van der Waals surface area (Å²) in [4.78, 5) is 14.4. The van der Waals surface area contributed by atoms with E-state index < -0.39 is 5.66 Å². The Morgan fingerprint density at radius 1 is 1.04 bits per heavy atom. The highest BCUT2D eigenvalue weighted by Crippen LogP contribution is 2.38. The third kappa shape index (κ3) is 4.76. The number of nitrogens with two attached hydrogens (primary N) is 2. The molecule has 0 atom stereocenters. The quantitative estimate of drug-likeness (QED) is 0.721. The normalized spacial score (nSPS) is 18.5. The summed E-state index contributed by atoms with van der Waals surface area (Å²) in [6.07, 6.45) is 5.73. The van der Waals surface area contributed by atoms with Crippen molar-refractivity contribution in [1.29, 1.82) is 0 Å². The molecule has 1 aliphatic carbocycles. The lowest BCUT2D eigenvalue weighted by molar-refractivity contribution is -0.167. The van der Waals surface area contributed by atoms with Crippen LogP contribution in [0.15, 0.2) is 40.3 Å². The Labute approximate surface area is 154 Å². The Morgan fingerprint density at radius 3 is 2.44 bits per heavy atom. The first-order chi connectivity index (χ1) is 11.7. The van der Waals surface area contributed by atoms with E-state index in [1.807, 2.05) is 30.3 Å². The van der Waals surface area contributed by atoms with Gasteiger partial charge < -0.3 is 16.2 Å². The van der Waals surface area contributed by atoms with E-state index in [1.165, 1.54) is 0 Å². The number of unbranched alkanes of at least 4 members (excludes halogenated alkanes) is 1. The van der Waals surface area contributed by atoms with Gasteiger partial charge in [0.2, 0.25) is 11.9 Å². The van der Waals surface area contributed by atoms with E-state index >= 15 is 0 Å². The summed E-state index contributed by atoms with van der Waals surface area (Å²) in [6.45, 7) is 1.21. The van der Waals surface area contributed by atoms with Crippen molar-refractivity contribution in [2.24, 2.45) is 21.5 Å². The largest absolute Gasteiger partial charge is 0.494 e.